The lowest BCUT2D eigenvalue weighted by Gasteiger charge is -2.13. The fraction of sp³-hybridized carbons (Fsp3) is 0.304. The number of ether oxygens (including phenoxy) is 3. The summed E-state index contributed by atoms with van der Waals surface area (Å²) >= 11 is 13.9. The number of halogens is 3. The Balaban J connectivity index is 1.54. The zero-order valence-electron chi connectivity index (χ0n) is 19.1. The molecule has 0 aromatic heterocycles. The van der Waals surface area contributed by atoms with Gasteiger partial charge in [-0.2, -0.15) is 5.10 Å². The fourth-order valence-electron chi connectivity index (χ4n) is 3.22. The van der Waals surface area contributed by atoms with Crippen LogP contribution in [0.5, 0.6) is 11.5 Å². The summed E-state index contributed by atoms with van der Waals surface area (Å²) in [6.07, 6.45) is 3.08. The number of nitrogens with zero attached hydrogens (tertiary/aromatic N) is 1. The van der Waals surface area contributed by atoms with Gasteiger partial charge in [0.2, 0.25) is 0 Å². The largest absolute Gasteiger partial charge is 0.493 e. The Labute approximate surface area is 231 Å². The number of amides is 3. The van der Waals surface area contributed by atoms with E-state index in [0.29, 0.717) is 43.0 Å². The first kappa shape index (κ1) is 28.0. The van der Waals surface area contributed by atoms with Crippen LogP contribution in [0.25, 0.3) is 0 Å². The third-order valence-electron chi connectivity index (χ3n) is 4.85. The first-order chi connectivity index (χ1) is 17.2. The highest BCUT2D eigenvalue weighted by atomic mass is 127. The molecule has 2 aromatic carbocycles. The normalized spacial score (nSPS) is 14.9. The van der Waals surface area contributed by atoms with Crippen molar-refractivity contribution in [3.05, 3.63) is 49.5 Å². The predicted octanol–water partition coefficient (Wildman–Crippen LogP) is 3.37. The third-order valence-corrected chi connectivity index (χ3v) is 6.08. The molecule has 0 aliphatic carbocycles. The SMILES string of the molecule is COc1cc(/C=N\NC(=O)C(=O)NC[C@H]2CCCO2)cc(I)c1OCC(=O)Nc1cc(Cl)cc(Cl)c1. The van der Waals surface area contributed by atoms with Crippen LogP contribution < -0.4 is 25.5 Å². The second kappa shape index (κ2) is 13.6. The van der Waals surface area contributed by atoms with Gasteiger partial charge < -0.3 is 24.8 Å². The molecule has 10 nitrogen and oxygen atoms in total. The van der Waals surface area contributed by atoms with Crippen LogP contribution in [-0.4, -0.2) is 56.9 Å². The van der Waals surface area contributed by atoms with Crippen LogP contribution in [-0.2, 0) is 19.1 Å². The maximum atomic E-state index is 12.3. The highest BCUT2D eigenvalue weighted by Crippen LogP contribution is 2.33. The molecule has 3 amide bonds. The zero-order chi connectivity index (χ0) is 26.1. The second-order valence-electron chi connectivity index (χ2n) is 7.57. The zero-order valence-corrected chi connectivity index (χ0v) is 22.8. The summed E-state index contributed by atoms with van der Waals surface area (Å²) < 4.78 is 17.1. The van der Waals surface area contributed by atoms with E-state index in [0.717, 1.165) is 12.8 Å². The highest BCUT2D eigenvalue weighted by Gasteiger charge is 2.19. The van der Waals surface area contributed by atoms with Gasteiger partial charge in [0, 0.05) is 28.9 Å². The average Bonchev–Trinajstić information content (AvgIpc) is 3.34. The minimum atomic E-state index is -0.891. The number of hydrazone groups is 1. The molecule has 3 N–H and O–H groups in total. The lowest BCUT2D eigenvalue weighted by molar-refractivity contribution is -0.139. The summed E-state index contributed by atoms with van der Waals surface area (Å²) in [5, 5.41) is 9.78. The van der Waals surface area contributed by atoms with Gasteiger partial charge in [-0.1, -0.05) is 23.2 Å². The van der Waals surface area contributed by atoms with Crippen LogP contribution in [0.4, 0.5) is 5.69 Å². The number of hydrogen-bond acceptors (Lipinski definition) is 7. The summed E-state index contributed by atoms with van der Waals surface area (Å²) in [5.74, 6) is -1.40. The van der Waals surface area contributed by atoms with Crippen molar-refractivity contribution in [1.82, 2.24) is 10.7 Å². The number of nitrogens with one attached hydrogen (secondary N) is 3. The molecule has 0 spiro atoms. The summed E-state index contributed by atoms with van der Waals surface area (Å²) in [7, 11) is 1.45. The third kappa shape index (κ3) is 8.50. The van der Waals surface area contributed by atoms with E-state index in [9.17, 15) is 14.4 Å². The van der Waals surface area contributed by atoms with Gasteiger partial charge in [0.05, 0.1) is 23.0 Å². The summed E-state index contributed by atoms with van der Waals surface area (Å²) in [5.41, 5.74) is 3.19. The number of anilines is 1. The van der Waals surface area contributed by atoms with Crippen molar-refractivity contribution in [3.63, 3.8) is 0 Å². The van der Waals surface area contributed by atoms with Gasteiger partial charge in [-0.15, -0.1) is 0 Å². The molecule has 1 atom stereocenters. The summed E-state index contributed by atoms with van der Waals surface area (Å²) in [6, 6.07) is 8.01. The van der Waals surface area contributed by atoms with E-state index < -0.39 is 17.7 Å². The standard InChI is InChI=1S/C23H23Cl2IN4O6/c1-34-19-6-13(10-28-30-23(33)22(32)27-11-17-3-2-4-35-17)5-18(26)21(19)36-12-20(31)29-16-8-14(24)7-15(25)9-16/h5-10,17H,2-4,11-12H2,1H3,(H,27,32)(H,29,31)(H,30,33)/b28-10-/t17-/m1/s1. The van der Waals surface area contributed by atoms with Crippen molar-refractivity contribution in [1.29, 1.82) is 0 Å². The van der Waals surface area contributed by atoms with Crippen molar-refractivity contribution < 1.29 is 28.6 Å². The predicted molar refractivity (Wildman–Crippen MR) is 144 cm³/mol. The molecular formula is C23H23Cl2IN4O6. The minimum Gasteiger partial charge on any atom is -0.493 e. The second-order valence-corrected chi connectivity index (χ2v) is 9.61. The smallest absolute Gasteiger partial charge is 0.329 e. The van der Waals surface area contributed by atoms with Crippen LogP contribution in [0.1, 0.15) is 18.4 Å². The van der Waals surface area contributed by atoms with E-state index in [2.05, 4.69) is 21.2 Å². The lowest BCUT2D eigenvalue weighted by Crippen LogP contribution is -2.41. The lowest BCUT2D eigenvalue weighted by atomic mass is 10.2. The van der Waals surface area contributed by atoms with Gasteiger partial charge in [0.25, 0.3) is 5.91 Å². The number of hydrogen-bond donors (Lipinski definition) is 3. The molecule has 1 heterocycles. The van der Waals surface area contributed by atoms with Crippen molar-refractivity contribution in [2.45, 2.75) is 18.9 Å². The first-order valence-electron chi connectivity index (χ1n) is 10.7. The number of methoxy groups -OCH3 is 1. The van der Waals surface area contributed by atoms with Gasteiger partial charge in [0.15, 0.2) is 18.1 Å². The van der Waals surface area contributed by atoms with Crippen LogP contribution in [0, 0.1) is 3.57 Å². The molecule has 1 aliphatic heterocycles. The van der Waals surface area contributed by atoms with Gasteiger partial charge >= 0.3 is 11.8 Å². The van der Waals surface area contributed by atoms with E-state index in [1.165, 1.54) is 13.3 Å². The Morgan fingerprint density at radius 1 is 1.17 bits per heavy atom. The highest BCUT2D eigenvalue weighted by molar-refractivity contribution is 14.1. The molecule has 0 radical (unpaired) electrons. The van der Waals surface area contributed by atoms with E-state index in [-0.39, 0.29) is 19.3 Å². The van der Waals surface area contributed by atoms with Crippen LogP contribution >= 0.6 is 45.8 Å². The molecule has 0 bridgehead atoms. The van der Waals surface area contributed by atoms with E-state index in [4.69, 9.17) is 37.4 Å². The van der Waals surface area contributed by atoms with Gasteiger partial charge in [-0.05, 0) is 71.3 Å². The molecule has 1 saturated heterocycles. The number of rotatable bonds is 9. The molecule has 3 rings (SSSR count). The summed E-state index contributed by atoms with van der Waals surface area (Å²) in [4.78, 5) is 36.1. The molecule has 1 aliphatic rings. The number of carbonyl (C=O) groups excluding carboxylic acids is 3. The maximum Gasteiger partial charge on any atom is 0.329 e. The Morgan fingerprint density at radius 3 is 2.58 bits per heavy atom. The number of benzene rings is 2. The molecule has 36 heavy (non-hydrogen) atoms. The average molecular weight is 649 g/mol. The maximum absolute atomic E-state index is 12.3. The molecule has 0 saturated carbocycles. The van der Waals surface area contributed by atoms with Crippen LogP contribution in [0.3, 0.4) is 0 Å². The van der Waals surface area contributed by atoms with Crippen LogP contribution in [0.15, 0.2) is 35.4 Å². The molecule has 1 fully saturated rings. The Morgan fingerprint density at radius 2 is 1.92 bits per heavy atom. The Hall–Kier alpha value is -2.61. The molecule has 13 heteroatoms. The van der Waals surface area contributed by atoms with Crippen LogP contribution in [0.2, 0.25) is 10.0 Å². The topological polar surface area (TPSA) is 127 Å². The monoisotopic (exact) mass is 648 g/mol. The molecule has 2 aromatic rings. The summed E-state index contributed by atoms with van der Waals surface area (Å²) in [6.45, 7) is 0.646. The molecule has 192 valence electrons. The van der Waals surface area contributed by atoms with Crippen molar-refractivity contribution in [2.75, 3.05) is 32.2 Å². The fourth-order valence-corrected chi connectivity index (χ4v) is 4.53. The van der Waals surface area contributed by atoms with Gasteiger partial charge in [0.1, 0.15) is 0 Å². The van der Waals surface area contributed by atoms with E-state index in [1.54, 1.807) is 30.3 Å². The number of carbonyl (C=O) groups is 3. The molecule has 0 unspecified atom stereocenters. The van der Waals surface area contributed by atoms with Crippen molar-refractivity contribution >= 4 is 75.4 Å². The Bertz CT molecular complexity index is 1140. The van der Waals surface area contributed by atoms with Gasteiger partial charge in [-0.25, -0.2) is 5.43 Å². The van der Waals surface area contributed by atoms with E-state index in [1.807, 2.05) is 22.6 Å². The van der Waals surface area contributed by atoms with Crippen molar-refractivity contribution in [3.8, 4) is 11.5 Å². The minimum absolute atomic E-state index is 0.0677. The van der Waals surface area contributed by atoms with Crippen molar-refractivity contribution in [2.24, 2.45) is 5.10 Å². The quantitative estimate of drug-likeness (QED) is 0.166. The van der Waals surface area contributed by atoms with Gasteiger partial charge in [-0.3, -0.25) is 14.4 Å². The molecular weight excluding hydrogens is 626 g/mol. The Kier molecular flexibility index (Phi) is 10.6. The first-order valence-corrected chi connectivity index (χ1v) is 12.6. The van der Waals surface area contributed by atoms with E-state index >= 15 is 0 Å².